The van der Waals surface area contributed by atoms with Gasteiger partial charge in [-0.05, 0) is 69.3 Å². The number of carbonyl (C=O) groups excluding carboxylic acids is 1. The average molecular weight is 517 g/mol. The van der Waals surface area contributed by atoms with Gasteiger partial charge in [0, 0.05) is 37.8 Å². The second-order valence-electron chi connectivity index (χ2n) is 9.22. The molecule has 1 atom stereocenters. The van der Waals surface area contributed by atoms with Gasteiger partial charge in [0.25, 0.3) is 5.91 Å². The lowest BCUT2D eigenvalue weighted by molar-refractivity contribution is 0.0985. The number of thiazole rings is 1. The van der Waals surface area contributed by atoms with E-state index >= 15 is 0 Å². The van der Waals surface area contributed by atoms with Gasteiger partial charge in [-0.3, -0.25) is 9.69 Å². The number of amides is 1. The van der Waals surface area contributed by atoms with E-state index in [-0.39, 0.29) is 10.8 Å². The highest BCUT2D eigenvalue weighted by molar-refractivity contribution is 7.89. The van der Waals surface area contributed by atoms with Gasteiger partial charge in [-0.15, -0.1) is 0 Å². The van der Waals surface area contributed by atoms with Crippen molar-refractivity contribution >= 4 is 42.6 Å². The number of hydrogen-bond donors (Lipinski definition) is 0. The molecular weight excluding hydrogens is 484 g/mol. The van der Waals surface area contributed by atoms with Crippen LogP contribution in [0.5, 0.6) is 5.75 Å². The van der Waals surface area contributed by atoms with Crippen LogP contribution in [0.4, 0.5) is 5.13 Å². The van der Waals surface area contributed by atoms with Gasteiger partial charge in [0.1, 0.15) is 5.75 Å². The molecule has 8 nitrogen and oxygen atoms in total. The van der Waals surface area contributed by atoms with E-state index in [1.807, 2.05) is 37.2 Å². The zero-order valence-electron chi connectivity index (χ0n) is 20.6. The van der Waals surface area contributed by atoms with Crippen molar-refractivity contribution in [2.24, 2.45) is 5.92 Å². The Morgan fingerprint density at radius 2 is 1.91 bits per heavy atom. The van der Waals surface area contributed by atoms with Gasteiger partial charge in [0.15, 0.2) is 5.13 Å². The van der Waals surface area contributed by atoms with E-state index in [0.29, 0.717) is 48.5 Å². The summed E-state index contributed by atoms with van der Waals surface area (Å²) in [5.74, 6) is 0.840. The normalized spacial score (nSPS) is 17.1. The minimum atomic E-state index is -3.58. The van der Waals surface area contributed by atoms with Crippen LogP contribution >= 0.6 is 11.3 Å². The summed E-state index contributed by atoms with van der Waals surface area (Å²) in [4.78, 5) is 22.1. The number of sulfonamides is 1. The first-order chi connectivity index (χ1) is 16.7. The van der Waals surface area contributed by atoms with Gasteiger partial charge >= 0.3 is 0 Å². The molecule has 1 fully saturated rings. The number of likely N-dealkylation sites (N-methyl/N-ethyl adjacent to an activating group) is 1. The largest absolute Gasteiger partial charge is 0.497 e. The number of aromatic nitrogens is 1. The first-order valence-electron chi connectivity index (χ1n) is 11.7. The van der Waals surface area contributed by atoms with Crippen molar-refractivity contribution in [3.8, 4) is 5.75 Å². The fourth-order valence-corrected chi connectivity index (χ4v) is 6.73. The second kappa shape index (κ2) is 10.6. The lowest BCUT2D eigenvalue weighted by Gasteiger charge is -2.30. The van der Waals surface area contributed by atoms with Gasteiger partial charge < -0.3 is 9.64 Å². The number of anilines is 1. The molecular formula is C25H32N4O4S2. The molecule has 0 N–H and O–H groups in total. The average Bonchev–Trinajstić information content (AvgIpc) is 3.26. The number of ether oxygens (including phenoxy) is 1. The van der Waals surface area contributed by atoms with Gasteiger partial charge in [-0.1, -0.05) is 18.3 Å². The van der Waals surface area contributed by atoms with Crippen molar-refractivity contribution in [1.82, 2.24) is 14.2 Å². The Morgan fingerprint density at radius 3 is 2.57 bits per heavy atom. The Balaban J connectivity index is 1.61. The summed E-state index contributed by atoms with van der Waals surface area (Å²) in [5, 5.41) is 0.596. The third-order valence-electron chi connectivity index (χ3n) is 6.19. The molecule has 10 heteroatoms. The third kappa shape index (κ3) is 5.66. The fourth-order valence-electron chi connectivity index (χ4n) is 4.16. The highest BCUT2D eigenvalue weighted by atomic mass is 32.2. The van der Waals surface area contributed by atoms with E-state index in [0.717, 1.165) is 23.1 Å². The molecule has 2 heterocycles. The topological polar surface area (TPSA) is 83.0 Å². The van der Waals surface area contributed by atoms with Crippen LogP contribution in [0.25, 0.3) is 10.2 Å². The van der Waals surface area contributed by atoms with E-state index < -0.39 is 10.0 Å². The molecule has 0 aliphatic carbocycles. The first-order valence-corrected chi connectivity index (χ1v) is 14.0. The Bertz CT molecular complexity index is 1290. The first kappa shape index (κ1) is 25.6. The molecule has 0 radical (unpaired) electrons. The summed E-state index contributed by atoms with van der Waals surface area (Å²) in [6.45, 7) is 4.25. The van der Waals surface area contributed by atoms with Crippen LogP contribution in [0.3, 0.4) is 0 Å². The highest BCUT2D eigenvalue weighted by Crippen LogP contribution is 2.32. The van der Waals surface area contributed by atoms with Gasteiger partial charge in [0.05, 0.1) is 22.2 Å². The molecule has 4 rings (SSSR count). The number of rotatable bonds is 8. The van der Waals surface area contributed by atoms with Crippen molar-refractivity contribution in [1.29, 1.82) is 0 Å². The van der Waals surface area contributed by atoms with E-state index in [9.17, 15) is 13.2 Å². The second-order valence-corrected chi connectivity index (χ2v) is 12.2. The number of hydrogen-bond acceptors (Lipinski definition) is 7. The number of carbonyl (C=O) groups is 1. The molecule has 35 heavy (non-hydrogen) atoms. The standard InChI is InChI=1S/C25H32N4O4S2/c1-18-6-5-13-28(17-18)35(31,32)21-10-7-19(8-11-21)24(30)29(15-14-27(2)3)25-26-22-16-20(33-4)9-12-23(22)34-25/h7-12,16,18H,5-6,13-15,17H2,1-4H3/t18-/m0/s1. The minimum absolute atomic E-state index is 0.214. The summed E-state index contributed by atoms with van der Waals surface area (Å²) in [7, 11) is 1.94. The monoisotopic (exact) mass is 516 g/mol. The molecule has 1 aliphatic heterocycles. The highest BCUT2D eigenvalue weighted by Gasteiger charge is 2.29. The van der Waals surface area contributed by atoms with Crippen LogP contribution in [0, 0.1) is 5.92 Å². The van der Waals surface area contributed by atoms with Gasteiger partial charge in [0.2, 0.25) is 10.0 Å². The SMILES string of the molecule is COc1ccc2sc(N(CCN(C)C)C(=O)c3ccc(S(=O)(=O)N4CCC[C@H](C)C4)cc3)nc2c1. The Kier molecular flexibility index (Phi) is 7.75. The van der Waals surface area contributed by atoms with Gasteiger partial charge in [-0.2, -0.15) is 4.31 Å². The maximum Gasteiger partial charge on any atom is 0.260 e. The summed E-state index contributed by atoms with van der Waals surface area (Å²) < 4.78 is 34.0. The number of piperidine rings is 1. The van der Waals surface area contributed by atoms with Crippen LogP contribution in [-0.2, 0) is 10.0 Å². The van der Waals surface area contributed by atoms with Crippen molar-refractivity contribution in [3.05, 3.63) is 48.0 Å². The summed E-state index contributed by atoms with van der Waals surface area (Å²) in [6, 6.07) is 11.9. The van der Waals surface area contributed by atoms with Crippen molar-refractivity contribution in [2.45, 2.75) is 24.7 Å². The van der Waals surface area contributed by atoms with Crippen molar-refractivity contribution < 1.29 is 17.9 Å². The molecule has 2 aromatic carbocycles. The zero-order chi connectivity index (χ0) is 25.2. The van der Waals surface area contributed by atoms with Crippen LogP contribution in [0.15, 0.2) is 47.4 Å². The maximum atomic E-state index is 13.6. The maximum absolute atomic E-state index is 13.6. The molecule has 1 aromatic heterocycles. The Hall–Kier alpha value is -2.53. The van der Waals surface area contributed by atoms with Crippen LogP contribution in [0.1, 0.15) is 30.1 Å². The third-order valence-corrected chi connectivity index (χ3v) is 9.13. The Labute approximate surface area is 211 Å². The Morgan fingerprint density at radius 1 is 1.17 bits per heavy atom. The van der Waals surface area contributed by atoms with E-state index in [4.69, 9.17) is 9.72 Å². The summed E-state index contributed by atoms with van der Waals surface area (Å²) in [6.07, 6.45) is 1.91. The molecule has 0 spiro atoms. The smallest absolute Gasteiger partial charge is 0.260 e. The summed E-state index contributed by atoms with van der Waals surface area (Å²) in [5.41, 5.74) is 1.19. The molecule has 0 saturated carbocycles. The molecule has 3 aromatic rings. The molecule has 188 valence electrons. The van der Waals surface area contributed by atoms with E-state index in [1.54, 1.807) is 28.4 Å². The molecule has 1 amide bonds. The van der Waals surface area contributed by atoms with Crippen molar-refractivity contribution in [2.75, 3.05) is 52.3 Å². The fraction of sp³-hybridized carbons (Fsp3) is 0.440. The zero-order valence-corrected chi connectivity index (χ0v) is 22.2. The number of methoxy groups -OCH3 is 1. The predicted octanol–water partition coefficient (Wildman–Crippen LogP) is 3.93. The molecule has 0 unspecified atom stereocenters. The number of fused-ring (bicyclic) bond motifs is 1. The minimum Gasteiger partial charge on any atom is -0.497 e. The number of nitrogens with zero attached hydrogens (tertiary/aromatic N) is 4. The van der Waals surface area contributed by atoms with Crippen LogP contribution in [0.2, 0.25) is 0 Å². The predicted molar refractivity (Wildman–Crippen MR) is 140 cm³/mol. The lowest BCUT2D eigenvalue weighted by Crippen LogP contribution is -2.39. The van der Waals surface area contributed by atoms with Crippen molar-refractivity contribution in [3.63, 3.8) is 0 Å². The van der Waals surface area contributed by atoms with E-state index in [1.165, 1.54) is 23.5 Å². The van der Waals surface area contributed by atoms with Gasteiger partial charge in [-0.25, -0.2) is 13.4 Å². The number of benzene rings is 2. The quantitative estimate of drug-likeness (QED) is 0.451. The van der Waals surface area contributed by atoms with E-state index in [2.05, 4.69) is 6.92 Å². The van der Waals surface area contributed by atoms with Crippen LogP contribution in [-0.4, -0.2) is 75.9 Å². The lowest BCUT2D eigenvalue weighted by atomic mass is 10.0. The molecule has 0 bridgehead atoms. The molecule has 1 saturated heterocycles. The molecule has 1 aliphatic rings. The van der Waals surface area contributed by atoms with Crippen LogP contribution < -0.4 is 9.64 Å². The summed E-state index contributed by atoms with van der Waals surface area (Å²) >= 11 is 1.44.